The number of halogens is 2. The van der Waals surface area contributed by atoms with E-state index < -0.39 is 0 Å². The molecule has 0 radical (unpaired) electrons. The lowest BCUT2D eigenvalue weighted by atomic mass is 9.77. The average Bonchev–Trinajstić information content (AvgIpc) is 2.48. The Morgan fingerprint density at radius 3 is 2.62 bits per heavy atom. The molecule has 1 unspecified atom stereocenters. The van der Waals surface area contributed by atoms with E-state index in [1.807, 2.05) is 6.07 Å². The van der Waals surface area contributed by atoms with Gasteiger partial charge in [-0.1, -0.05) is 44.4 Å². The Hall–Kier alpha value is -0.600. The van der Waals surface area contributed by atoms with Crippen molar-refractivity contribution in [2.45, 2.75) is 58.4 Å². The molecule has 1 fully saturated rings. The summed E-state index contributed by atoms with van der Waals surface area (Å²) in [4.78, 5) is 0. The van der Waals surface area contributed by atoms with Gasteiger partial charge in [-0.25, -0.2) is 4.39 Å². The van der Waals surface area contributed by atoms with Crippen LogP contribution in [0.4, 0.5) is 4.39 Å². The van der Waals surface area contributed by atoms with Crippen LogP contribution in [0.15, 0.2) is 18.2 Å². The third-order valence-electron chi connectivity index (χ3n) is 4.73. The number of benzene rings is 1. The molecule has 1 atom stereocenters. The second kappa shape index (κ2) is 8.14. The standard InChI is InChI=1S/C18H27ClFN/c1-3-10-21-18(15-7-4-13(2)5-8-15)12-14-6-9-16(19)17(20)11-14/h6,9,11,13,15,18,21H,3-5,7-8,10,12H2,1-2H3. The van der Waals surface area contributed by atoms with E-state index in [9.17, 15) is 4.39 Å². The van der Waals surface area contributed by atoms with Gasteiger partial charge in [0, 0.05) is 6.04 Å². The van der Waals surface area contributed by atoms with E-state index >= 15 is 0 Å². The van der Waals surface area contributed by atoms with Gasteiger partial charge >= 0.3 is 0 Å². The summed E-state index contributed by atoms with van der Waals surface area (Å²) in [5, 5.41) is 3.89. The van der Waals surface area contributed by atoms with E-state index in [1.165, 1.54) is 25.7 Å². The number of hydrogen-bond acceptors (Lipinski definition) is 1. The fraction of sp³-hybridized carbons (Fsp3) is 0.667. The molecule has 118 valence electrons. The van der Waals surface area contributed by atoms with Crippen molar-refractivity contribution < 1.29 is 4.39 Å². The predicted molar refractivity (Wildman–Crippen MR) is 88.3 cm³/mol. The normalized spacial score (nSPS) is 24.0. The first-order valence-electron chi connectivity index (χ1n) is 8.27. The van der Waals surface area contributed by atoms with Gasteiger partial charge in [0.2, 0.25) is 0 Å². The minimum absolute atomic E-state index is 0.211. The van der Waals surface area contributed by atoms with Crippen LogP contribution in [0, 0.1) is 17.7 Å². The maximum Gasteiger partial charge on any atom is 0.142 e. The Morgan fingerprint density at radius 2 is 2.00 bits per heavy atom. The molecular weight excluding hydrogens is 285 g/mol. The van der Waals surface area contributed by atoms with Gasteiger partial charge in [0.1, 0.15) is 5.82 Å². The van der Waals surface area contributed by atoms with Gasteiger partial charge in [-0.3, -0.25) is 0 Å². The zero-order valence-electron chi connectivity index (χ0n) is 13.2. The zero-order chi connectivity index (χ0) is 15.2. The summed E-state index contributed by atoms with van der Waals surface area (Å²) < 4.78 is 13.6. The molecular formula is C18H27ClFN. The Balaban J connectivity index is 2.02. The summed E-state index contributed by atoms with van der Waals surface area (Å²) in [6.07, 6.45) is 7.26. The first kappa shape index (κ1) is 16.8. The van der Waals surface area contributed by atoms with Crippen molar-refractivity contribution in [1.29, 1.82) is 0 Å². The summed E-state index contributed by atoms with van der Waals surface area (Å²) in [6.45, 7) is 5.57. The van der Waals surface area contributed by atoms with Crippen molar-refractivity contribution >= 4 is 11.6 Å². The summed E-state index contributed by atoms with van der Waals surface area (Å²) in [7, 11) is 0. The minimum atomic E-state index is -0.305. The van der Waals surface area contributed by atoms with Gasteiger partial charge in [0.05, 0.1) is 5.02 Å². The van der Waals surface area contributed by atoms with Crippen LogP contribution in [-0.4, -0.2) is 12.6 Å². The van der Waals surface area contributed by atoms with E-state index in [1.54, 1.807) is 12.1 Å². The molecule has 0 aliphatic heterocycles. The predicted octanol–water partition coefficient (Wildman–Crippen LogP) is 5.22. The van der Waals surface area contributed by atoms with Gasteiger partial charge in [0.15, 0.2) is 0 Å². The molecule has 0 aromatic heterocycles. The van der Waals surface area contributed by atoms with Crippen molar-refractivity contribution in [2.75, 3.05) is 6.54 Å². The molecule has 1 aliphatic carbocycles. The van der Waals surface area contributed by atoms with Crippen molar-refractivity contribution in [2.24, 2.45) is 11.8 Å². The van der Waals surface area contributed by atoms with Gasteiger partial charge in [-0.2, -0.15) is 0 Å². The third-order valence-corrected chi connectivity index (χ3v) is 5.03. The van der Waals surface area contributed by atoms with Crippen LogP contribution in [0.1, 0.15) is 51.5 Å². The van der Waals surface area contributed by atoms with E-state index in [4.69, 9.17) is 11.6 Å². The SMILES string of the molecule is CCCNC(Cc1ccc(Cl)c(F)c1)C1CCC(C)CC1. The molecule has 3 heteroatoms. The van der Waals surface area contributed by atoms with E-state index in [0.29, 0.717) is 12.0 Å². The molecule has 0 saturated heterocycles. The van der Waals surface area contributed by atoms with Crippen LogP contribution in [-0.2, 0) is 6.42 Å². The maximum absolute atomic E-state index is 13.6. The number of rotatable bonds is 6. The van der Waals surface area contributed by atoms with Crippen LogP contribution < -0.4 is 5.32 Å². The Labute approximate surface area is 133 Å². The highest BCUT2D eigenvalue weighted by molar-refractivity contribution is 6.30. The molecule has 1 aromatic rings. The molecule has 1 aliphatic rings. The highest BCUT2D eigenvalue weighted by atomic mass is 35.5. The first-order valence-corrected chi connectivity index (χ1v) is 8.65. The number of nitrogens with one attached hydrogen (secondary N) is 1. The van der Waals surface area contributed by atoms with Crippen LogP contribution in [0.2, 0.25) is 5.02 Å². The Bertz CT molecular complexity index is 441. The molecule has 0 amide bonds. The van der Waals surface area contributed by atoms with Gasteiger partial charge < -0.3 is 5.32 Å². The average molecular weight is 312 g/mol. The molecule has 0 bridgehead atoms. The van der Waals surface area contributed by atoms with Crippen LogP contribution in [0.5, 0.6) is 0 Å². The molecule has 1 nitrogen and oxygen atoms in total. The number of hydrogen-bond donors (Lipinski definition) is 1. The van der Waals surface area contributed by atoms with Crippen molar-refractivity contribution in [3.8, 4) is 0 Å². The minimum Gasteiger partial charge on any atom is -0.313 e. The quantitative estimate of drug-likeness (QED) is 0.760. The molecule has 21 heavy (non-hydrogen) atoms. The van der Waals surface area contributed by atoms with Crippen LogP contribution >= 0.6 is 11.6 Å². The maximum atomic E-state index is 13.6. The summed E-state index contributed by atoms with van der Waals surface area (Å²) in [5.74, 6) is 1.27. The first-order chi connectivity index (χ1) is 10.1. The van der Waals surface area contributed by atoms with Crippen LogP contribution in [0.3, 0.4) is 0 Å². The van der Waals surface area contributed by atoms with Gasteiger partial charge in [0.25, 0.3) is 0 Å². The molecule has 1 aromatic carbocycles. The molecule has 1 N–H and O–H groups in total. The lowest BCUT2D eigenvalue weighted by molar-refractivity contribution is 0.229. The summed E-state index contributed by atoms with van der Waals surface area (Å²) in [5.41, 5.74) is 1.05. The van der Waals surface area contributed by atoms with E-state index in [-0.39, 0.29) is 10.8 Å². The largest absolute Gasteiger partial charge is 0.313 e. The fourth-order valence-corrected chi connectivity index (χ4v) is 3.46. The van der Waals surface area contributed by atoms with Gasteiger partial charge in [-0.05, 0) is 61.8 Å². The van der Waals surface area contributed by atoms with E-state index in [0.717, 1.165) is 30.9 Å². The summed E-state index contributed by atoms with van der Waals surface area (Å²) >= 11 is 5.77. The van der Waals surface area contributed by atoms with Crippen LogP contribution in [0.25, 0.3) is 0 Å². The molecule has 0 heterocycles. The monoisotopic (exact) mass is 311 g/mol. The zero-order valence-corrected chi connectivity index (χ0v) is 13.9. The second-order valence-electron chi connectivity index (χ2n) is 6.53. The molecule has 1 saturated carbocycles. The highest BCUT2D eigenvalue weighted by Gasteiger charge is 2.26. The summed E-state index contributed by atoms with van der Waals surface area (Å²) in [6, 6.07) is 5.68. The van der Waals surface area contributed by atoms with E-state index in [2.05, 4.69) is 19.2 Å². The Kier molecular flexibility index (Phi) is 6.50. The third kappa shape index (κ3) is 4.96. The van der Waals surface area contributed by atoms with Crippen molar-refractivity contribution in [1.82, 2.24) is 5.32 Å². The van der Waals surface area contributed by atoms with Crippen molar-refractivity contribution in [3.05, 3.63) is 34.6 Å². The lowest BCUT2D eigenvalue weighted by Gasteiger charge is -2.33. The topological polar surface area (TPSA) is 12.0 Å². The molecule has 2 rings (SSSR count). The lowest BCUT2D eigenvalue weighted by Crippen LogP contribution is -2.40. The Morgan fingerprint density at radius 1 is 1.29 bits per heavy atom. The highest BCUT2D eigenvalue weighted by Crippen LogP contribution is 2.32. The molecule has 0 spiro atoms. The second-order valence-corrected chi connectivity index (χ2v) is 6.94. The van der Waals surface area contributed by atoms with Crippen molar-refractivity contribution in [3.63, 3.8) is 0 Å². The smallest absolute Gasteiger partial charge is 0.142 e. The fourth-order valence-electron chi connectivity index (χ4n) is 3.34. The van der Waals surface area contributed by atoms with Gasteiger partial charge in [-0.15, -0.1) is 0 Å².